The Balaban J connectivity index is 1.36. The number of fused-ring (bicyclic) bond motifs is 1. The van der Waals surface area contributed by atoms with Gasteiger partial charge in [-0.25, -0.2) is 9.07 Å². The van der Waals surface area contributed by atoms with Gasteiger partial charge in [0, 0.05) is 35.8 Å². The number of carbonyl (C=O) groups excluding carboxylic acids is 1. The van der Waals surface area contributed by atoms with E-state index >= 15 is 0 Å². The molecular weight excluding hydrogens is 415 g/mol. The number of halogens is 1. The summed E-state index contributed by atoms with van der Waals surface area (Å²) < 4.78 is 20.7. The maximum absolute atomic E-state index is 13.4. The van der Waals surface area contributed by atoms with E-state index in [0.29, 0.717) is 25.5 Å². The predicted molar refractivity (Wildman–Crippen MR) is 117 cm³/mol. The lowest BCUT2D eigenvalue weighted by Gasteiger charge is -2.34. The second-order valence-corrected chi connectivity index (χ2v) is 8.88. The van der Waals surface area contributed by atoms with Gasteiger partial charge in [0.1, 0.15) is 5.82 Å². The molecule has 1 fully saturated rings. The van der Waals surface area contributed by atoms with Crippen LogP contribution >= 0.6 is 11.3 Å². The zero-order valence-electron chi connectivity index (χ0n) is 17.2. The van der Waals surface area contributed by atoms with Crippen LogP contribution in [0.2, 0.25) is 0 Å². The van der Waals surface area contributed by atoms with E-state index in [-0.39, 0.29) is 17.8 Å². The van der Waals surface area contributed by atoms with E-state index in [1.807, 2.05) is 6.07 Å². The van der Waals surface area contributed by atoms with Gasteiger partial charge in [0.2, 0.25) is 0 Å². The molecule has 1 N–H and O–H groups in total. The summed E-state index contributed by atoms with van der Waals surface area (Å²) in [4.78, 5) is 16.8. The van der Waals surface area contributed by atoms with Gasteiger partial charge in [0.05, 0.1) is 24.9 Å². The second kappa shape index (κ2) is 8.90. The number of nitrogens with one attached hydrogen (secondary N) is 1. The van der Waals surface area contributed by atoms with E-state index in [1.165, 1.54) is 17.0 Å². The van der Waals surface area contributed by atoms with Crippen LogP contribution in [0.3, 0.4) is 0 Å². The fraction of sp³-hybridized carbons (Fsp3) is 0.391. The maximum atomic E-state index is 13.4. The van der Waals surface area contributed by atoms with Gasteiger partial charge in [-0.15, -0.1) is 11.3 Å². The number of thiophene rings is 1. The fourth-order valence-electron chi connectivity index (χ4n) is 4.47. The molecule has 162 valence electrons. The van der Waals surface area contributed by atoms with Gasteiger partial charge in [-0.3, -0.25) is 9.69 Å². The van der Waals surface area contributed by atoms with Crippen LogP contribution in [0.5, 0.6) is 0 Å². The molecule has 1 aliphatic heterocycles. The third kappa shape index (κ3) is 4.15. The molecule has 0 radical (unpaired) electrons. The third-order valence-electron chi connectivity index (χ3n) is 6.03. The summed E-state index contributed by atoms with van der Waals surface area (Å²) in [5, 5.41) is 9.84. The molecule has 0 saturated carbocycles. The Morgan fingerprint density at radius 2 is 2.00 bits per heavy atom. The lowest BCUT2D eigenvalue weighted by atomic mass is 10.1. The SMILES string of the molecule is O=C(NC[C@@H](c1cccs1)N1CCOCC1)c1nn(-c2ccc(F)cc2)c2c1CCC2. The highest BCUT2D eigenvalue weighted by Crippen LogP contribution is 2.29. The molecule has 5 rings (SSSR count). The van der Waals surface area contributed by atoms with E-state index in [9.17, 15) is 9.18 Å². The minimum Gasteiger partial charge on any atom is -0.379 e. The summed E-state index contributed by atoms with van der Waals surface area (Å²) in [6.45, 7) is 3.66. The summed E-state index contributed by atoms with van der Waals surface area (Å²) in [6, 6.07) is 10.5. The molecule has 31 heavy (non-hydrogen) atoms. The minimum absolute atomic E-state index is 0.125. The van der Waals surface area contributed by atoms with E-state index in [1.54, 1.807) is 28.2 Å². The molecule has 1 aliphatic carbocycles. The van der Waals surface area contributed by atoms with Gasteiger partial charge in [-0.1, -0.05) is 6.07 Å². The molecule has 8 heteroatoms. The van der Waals surface area contributed by atoms with Crippen LogP contribution in [0.1, 0.15) is 39.1 Å². The molecule has 2 aliphatic rings. The first kappa shape index (κ1) is 20.4. The summed E-state index contributed by atoms with van der Waals surface area (Å²) in [6.07, 6.45) is 2.72. The number of rotatable bonds is 6. The predicted octanol–water partition coefficient (Wildman–Crippen LogP) is 3.36. The number of hydrogen-bond acceptors (Lipinski definition) is 5. The average molecular weight is 441 g/mol. The van der Waals surface area contributed by atoms with Crippen LogP contribution < -0.4 is 5.32 Å². The molecule has 1 saturated heterocycles. The zero-order valence-corrected chi connectivity index (χ0v) is 18.0. The van der Waals surface area contributed by atoms with Gasteiger partial charge in [-0.2, -0.15) is 5.10 Å². The smallest absolute Gasteiger partial charge is 0.272 e. The lowest BCUT2D eigenvalue weighted by molar-refractivity contribution is 0.0169. The first-order valence-corrected chi connectivity index (χ1v) is 11.6. The van der Waals surface area contributed by atoms with E-state index in [0.717, 1.165) is 49.3 Å². The van der Waals surface area contributed by atoms with Crippen molar-refractivity contribution < 1.29 is 13.9 Å². The largest absolute Gasteiger partial charge is 0.379 e. The summed E-state index contributed by atoms with van der Waals surface area (Å²) in [5.74, 6) is -0.429. The van der Waals surface area contributed by atoms with Crippen molar-refractivity contribution in [3.05, 3.63) is 69.4 Å². The highest BCUT2D eigenvalue weighted by atomic mass is 32.1. The Morgan fingerprint density at radius 1 is 1.19 bits per heavy atom. The average Bonchev–Trinajstić information content (AvgIpc) is 3.54. The van der Waals surface area contributed by atoms with E-state index < -0.39 is 0 Å². The van der Waals surface area contributed by atoms with Crippen molar-refractivity contribution in [3.8, 4) is 5.69 Å². The van der Waals surface area contributed by atoms with Crippen molar-refractivity contribution in [2.75, 3.05) is 32.8 Å². The Bertz CT molecular complexity index is 1040. The van der Waals surface area contributed by atoms with Crippen molar-refractivity contribution in [3.63, 3.8) is 0 Å². The van der Waals surface area contributed by atoms with Crippen molar-refractivity contribution in [1.82, 2.24) is 20.0 Å². The quantitative estimate of drug-likeness (QED) is 0.639. The van der Waals surface area contributed by atoms with Gasteiger partial charge in [0.15, 0.2) is 5.69 Å². The monoisotopic (exact) mass is 440 g/mol. The Hall–Kier alpha value is -2.55. The number of carbonyl (C=O) groups is 1. The van der Waals surface area contributed by atoms with Gasteiger partial charge in [-0.05, 0) is 55.0 Å². The molecular formula is C23H25FN4O2S. The van der Waals surface area contributed by atoms with E-state index in [4.69, 9.17) is 4.74 Å². The Labute approximate surface area is 184 Å². The number of hydrogen-bond donors (Lipinski definition) is 1. The molecule has 1 atom stereocenters. The molecule has 3 aromatic rings. The summed E-state index contributed by atoms with van der Waals surface area (Å²) in [7, 11) is 0. The van der Waals surface area contributed by atoms with Crippen LogP contribution in [-0.2, 0) is 17.6 Å². The van der Waals surface area contributed by atoms with Gasteiger partial charge in [0.25, 0.3) is 5.91 Å². The maximum Gasteiger partial charge on any atom is 0.272 e. The highest BCUT2D eigenvalue weighted by Gasteiger charge is 2.29. The van der Waals surface area contributed by atoms with Crippen LogP contribution in [0.25, 0.3) is 5.69 Å². The van der Waals surface area contributed by atoms with Gasteiger partial charge < -0.3 is 10.1 Å². The lowest BCUT2D eigenvalue weighted by Crippen LogP contribution is -2.43. The van der Waals surface area contributed by atoms with E-state index in [2.05, 4.69) is 26.8 Å². The molecule has 2 aromatic heterocycles. The third-order valence-corrected chi connectivity index (χ3v) is 7.00. The molecule has 0 bridgehead atoms. The fourth-order valence-corrected chi connectivity index (χ4v) is 5.33. The highest BCUT2D eigenvalue weighted by molar-refractivity contribution is 7.10. The normalized spacial score (nSPS) is 17.5. The topological polar surface area (TPSA) is 59.4 Å². The van der Waals surface area contributed by atoms with Crippen LogP contribution in [0.15, 0.2) is 41.8 Å². The van der Waals surface area contributed by atoms with Crippen molar-refractivity contribution >= 4 is 17.2 Å². The first-order valence-electron chi connectivity index (χ1n) is 10.7. The molecule has 6 nitrogen and oxygen atoms in total. The standard InChI is InChI=1S/C23H25FN4O2S/c24-16-6-8-17(9-7-16)28-19-4-1-3-18(19)22(26-28)23(29)25-15-20(21-5-2-14-31-21)27-10-12-30-13-11-27/h2,5-9,14,20H,1,3-4,10-13,15H2,(H,25,29)/t20-/m0/s1. The number of benzene rings is 1. The van der Waals surface area contributed by atoms with Crippen molar-refractivity contribution in [2.24, 2.45) is 0 Å². The number of amides is 1. The van der Waals surface area contributed by atoms with Crippen molar-refractivity contribution in [1.29, 1.82) is 0 Å². The first-order chi connectivity index (χ1) is 15.2. The van der Waals surface area contributed by atoms with Crippen LogP contribution in [0, 0.1) is 5.82 Å². The molecule has 0 unspecified atom stereocenters. The minimum atomic E-state index is -0.284. The van der Waals surface area contributed by atoms with Crippen LogP contribution in [-0.4, -0.2) is 53.4 Å². The molecule has 3 heterocycles. The van der Waals surface area contributed by atoms with Gasteiger partial charge >= 0.3 is 0 Å². The number of ether oxygens (including phenoxy) is 1. The molecule has 1 amide bonds. The van der Waals surface area contributed by atoms with Crippen LogP contribution in [0.4, 0.5) is 4.39 Å². The van der Waals surface area contributed by atoms with Crippen molar-refractivity contribution in [2.45, 2.75) is 25.3 Å². The number of aromatic nitrogens is 2. The number of nitrogens with zero attached hydrogens (tertiary/aromatic N) is 3. The zero-order chi connectivity index (χ0) is 21.2. The second-order valence-electron chi connectivity index (χ2n) is 7.91. The number of morpholine rings is 1. The summed E-state index contributed by atoms with van der Waals surface area (Å²) in [5.41, 5.74) is 3.34. The summed E-state index contributed by atoms with van der Waals surface area (Å²) >= 11 is 1.71. The Morgan fingerprint density at radius 3 is 2.74 bits per heavy atom. The Kier molecular flexibility index (Phi) is 5.85. The molecule has 0 spiro atoms. The molecule has 1 aromatic carbocycles.